The number of anilines is 1. The predicted molar refractivity (Wildman–Crippen MR) is 119 cm³/mol. The van der Waals surface area contributed by atoms with Crippen molar-refractivity contribution in [1.82, 2.24) is 9.88 Å². The van der Waals surface area contributed by atoms with Crippen molar-refractivity contribution in [1.29, 1.82) is 0 Å². The molecular formula is C21H25N3O3S2. The molecule has 1 N–H and O–H groups in total. The fraction of sp³-hybridized carbons (Fsp3) is 0.381. The smallest absolute Gasteiger partial charge is 0.260 e. The number of ether oxygens (including phenoxy) is 1. The molecule has 6 nitrogen and oxygen atoms in total. The second kappa shape index (κ2) is 10.5. The molecule has 0 aliphatic carbocycles. The highest BCUT2D eigenvalue weighted by Crippen LogP contribution is 2.43. The summed E-state index contributed by atoms with van der Waals surface area (Å²) in [6, 6.07) is 11.5. The van der Waals surface area contributed by atoms with E-state index in [1.54, 1.807) is 19.3 Å². The van der Waals surface area contributed by atoms with Crippen molar-refractivity contribution in [3.63, 3.8) is 0 Å². The molecular weight excluding hydrogens is 406 g/mol. The van der Waals surface area contributed by atoms with Crippen LogP contribution in [0.4, 0.5) is 5.82 Å². The number of thioether (sulfide) groups is 2. The number of carbonyl (C=O) groups is 2. The van der Waals surface area contributed by atoms with Crippen LogP contribution in [0.5, 0.6) is 5.75 Å². The first-order chi connectivity index (χ1) is 14.0. The van der Waals surface area contributed by atoms with E-state index in [1.807, 2.05) is 48.6 Å². The molecule has 1 aromatic carbocycles. The minimum atomic E-state index is -0.300. The van der Waals surface area contributed by atoms with Crippen molar-refractivity contribution in [2.45, 2.75) is 17.9 Å². The van der Waals surface area contributed by atoms with Gasteiger partial charge >= 0.3 is 0 Å². The van der Waals surface area contributed by atoms with E-state index in [0.29, 0.717) is 16.1 Å². The van der Waals surface area contributed by atoms with E-state index in [9.17, 15) is 9.59 Å². The zero-order valence-corrected chi connectivity index (χ0v) is 18.2. The Balaban J connectivity index is 1.44. The number of amides is 2. The Labute approximate surface area is 179 Å². The van der Waals surface area contributed by atoms with E-state index < -0.39 is 0 Å². The number of aryl methyl sites for hydroxylation is 1. The standard InChI is InChI=1S/C21H25N3O3S2/c1-15-8-9-22-18(12-15)23-19(25)13-24(2)20(26)14-27-17-6-4-16(5-7-17)21-28-10-3-11-29-21/h4-9,12,21H,3,10-11,13-14H2,1-2H3,(H,22,23,25). The molecule has 1 aliphatic heterocycles. The summed E-state index contributed by atoms with van der Waals surface area (Å²) in [6.07, 6.45) is 2.90. The number of rotatable bonds is 7. The van der Waals surface area contributed by atoms with E-state index in [4.69, 9.17) is 4.74 Å². The van der Waals surface area contributed by atoms with Gasteiger partial charge in [0, 0.05) is 13.2 Å². The van der Waals surface area contributed by atoms with Crippen LogP contribution in [-0.2, 0) is 9.59 Å². The van der Waals surface area contributed by atoms with Crippen LogP contribution < -0.4 is 10.1 Å². The van der Waals surface area contributed by atoms with Gasteiger partial charge in [0.05, 0.1) is 11.1 Å². The van der Waals surface area contributed by atoms with E-state index in [-0.39, 0.29) is 25.0 Å². The average Bonchev–Trinajstić information content (AvgIpc) is 2.73. The molecule has 154 valence electrons. The highest BCUT2D eigenvalue weighted by atomic mass is 32.2. The van der Waals surface area contributed by atoms with Crippen molar-refractivity contribution in [3.8, 4) is 5.75 Å². The summed E-state index contributed by atoms with van der Waals surface area (Å²) in [4.78, 5) is 29.8. The van der Waals surface area contributed by atoms with Crippen molar-refractivity contribution >= 4 is 41.2 Å². The van der Waals surface area contributed by atoms with Gasteiger partial charge in [0.25, 0.3) is 5.91 Å². The van der Waals surface area contributed by atoms with Crippen LogP contribution in [0.3, 0.4) is 0 Å². The van der Waals surface area contributed by atoms with Gasteiger partial charge in [-0.1, -0.05) is 12.1 Å². The number of aromatic nitrogens is 1. The first-order valence-corrected chi connectivity index (χ1v) is 11.5. The van der Waals surface area contributed by atoms with Crippen LogP contribution >= 0.6 is 23.5 Å². The maximum absolute atomic E-state index is 12.3. The fourth-order valence-corrected chi connectivity index (χ4v) is 5.64. The van der Waals surface area contributed by atoms with Crippen molar-refractivity contribution in [2.24, 2.45) is 0 Å². The Bertz CT molecular complexity index is 839. The van der Waals surface area contributed by atoms with Crippen LogP contribution in [0.25, 0.3) is 0 Å². The first kappa shape index (κ1) is 21.5. The largest absolute Gasteiger partial charge is 0.484 e. The molecule has 2 amide bonds. The van der Waals surface area contributed by atoms with Gasteiger partial charge in [-0.15, -0.1) is 23.5 Å². The van der Waals surface area contributed by atoms with E-state index in [1.165, 1.54) is 28.4 Å². The van der Waals surface area contributed by atoms with Gasteiger partial charge in [0.15, 0.2) is 6.61 Å². The molecule has 0 saturated carbocycles. The van der Waals surface area contributed by atoms with Crippen LogP contribution in [0.15, 0.2) is 42.6 Å². The lowest BCUT2D eigenvalue weighted by Crippen LogP contribution is -2.37. The fourth-order valence-electron chi connectivity index (χ4n) is 2.75. The van der Waals surface area contributed by atoms with Crippen LogP contribution in [-0.4, -0.2) is 53.4 Å². The van der Waals surface area contributed by atoms with E-state index in [0.717, 1.165) is 5.56 Å². The summed E-state index contributed by atoms with van der Waals surface area (Å²) >= 11 is 3.94. The number of nitrogens with zero attached hydrogens (tertiary/aromatic N) is 2. The number of hydrogen-bond donors (Lipinski definition) is 1. The summed E-state index contributed by atoms with van der Waals surface area (Å²) in [5, 5.41) is 2.69. The number of pyridine rings is 1. The van der Waals surface area contributed by atoms with Gasteiger partial charge in [-0.05, 0) is 60.2 Å². The Morgan fingerprint density at radius 2 is 1.93 bits per heavy atom. The second-order valence-electron chi connectivity index (χ2n) is 6.80. The maximum atomic E-state index is 12.3. The normalized spacial score (nSPS) is 14.3. The molecule has 0 radical (unpaired) electrons. The molecule has 1 aromatic heterocycles. The van der Waals surface area contributed by atoms with Gasteiger partial charge in [-0.2, -0.15) is 0 Å². The third-order valence-electron chi connectivity index (χ3n) is 4.33. The molecule has 3 rings (SSSR count). The Hall–Kier alpha value is -2.19. The highest BCUT2D eigenvalue weighted by Gasteiger charge is 2.17. The van der Waals surface area contributed by atoms with E-state index >= 15 is 0 Å². The van der Waals surface area contributed by atoms with Crippen molar-refractivity contribution < 1.29 is 14.3 Å². The Morgan fingerprint density at radius 3 is 2.62 bits per heavy atom. The maximum Gasteiger partial charge on any atom is 0.260 e. The van der Waals surface area contributed by atoms with Gasteiger partial charge in [0.2, 0.25) is 5.91 Å². The third kappa shape index (κ3) is 6.68. The Kier molecular flexibility index (Phi) is 7.83. The minimum Gasteiger partial charge on any atom is -0.484 e. The first-order valence-electron chi connectivity index (χ1n) is 9.44. The molecule has 8 heteroatoms. The number of carbonyl (C=O) groups excluding carboxylic acids is 2. The molecule has 1 saturated heterocycles. The summed E-state index contributed by atoms with van der Waals surface area (Å²) in [5.74, 6) is 2.95. The molecule has 0 atom stereocenters. The summed E-state index contributed by atoms with van der Waals surface area (Å²) in [5.41, 5.74) is 2.27. The zero-order valence-electron chi connectivity index (χ0n) is 16.6. The molecule has 0 spiro atoms. The number of likely N-dealkylation sites (N-methyl/N-ethyl adjacent to an activating group) is 1. The molecule has 1 aliphatic rings. The average molecular weight is 432 g/mol. The van der Waals surface area contributed by atoms with E-state index in [2.05, 4.69) is 22.4 Å². The van der Waals surface area contributed by atoms with Crippen molar-refractivity contribution in [3.05, 3.63) is 53.7 Å². The van der Waals surface area contributed by atoms with Crippen LogP contribution in [0.2, 0.25) is 0 Å². The predicted octanol–water partition coefficient (Wildman–Crippen LogP) is 3.73. The van der Waals surface area contributed by atoms with Crippen molar-refractivity contribution in [2.75, 3.05) is 37.0 Å². The van der Waals surface area contributed by atoms with Gasteiger partial charge in [0.1, 0.15) is 11.6 Å². The second-order valence-corrected chi connectivity index (χ2v) is 9.53. The lowest BCUT2D eigenvalue weighted by atomic mass is 10.2. The number of benzene rings is 1. The summed E-state index contributed by atoms with van der Waals surface area (Å²) in [6.45, 7) is 1.75. The molecule has 0 unspecified atom stereocenters. The quantitative estimate of drug-likeness (QED) is 0.720. The lowest BCUT2D eigenvalue weighted by Gasteiger charge is -2.21. The molecule has 2 heterocycles. The Morgan fingerprint density at radius 1 is 1.21 bits per heavy atom. The summed E-state index contributed by atoms with van der Waals surface area (Å²) in [7, 11) is 1.58. The topological polar surface area (TPSA) is 71.5 Å². The van der Waals surface area contributed by atoms with Crippen LogP contribution in [0, 0.1) is 6.92 Å². The molecule has 0 bridgehead atoms. The number of hydrogen-bond acceptors (Lipinski definition) is 6. The lowest BCUT2D eigenvalue weighted by molar-refractivity contribution is -0.135. The van der Waals surface area contributed by atoms with Gasteiger partial charge in [-0.25, -0.2) is 4.98 Å². The minimum absolute atomic E-state index is 0.0626. The zero-order chi connectivity index (χ0) is 20.6. The van der Waals surface area contributed by atoms with Crippen LogP contribution in [0.1, 0.15) is 22.1 Å². The third-order valence-corrected chi connectivity index (χ3v) is 7.35. The van der Waals surface area contributed by atoms with Gasteiger partial charge in [-0.3, -0.25) is 9.59 Å². The number of nitrogens with one attached hydrogen (secondary N) is 1. The molecule has 29 heavy (non-hydrogen) atoms. The van der Waals surface area contributed by atoms with Gasteiger partial charge < -0.3 is 15.0 Å². The summed E-state index contributed by atoms with van der Waals surface area (Å²) < 4.78 is 6.08. The SMILES string of the molecule is Cc1ccnc(NC(=O)CN(C)C(=O)COc2ccc(C3SCCCS3)cc2)c1. The highest BCUT2D eigenvalue weighted by molar-refractivity contribution is 8.16. The molecule has 2 aromatic rings. The molecule has 1 fully saturated rings. The monoisotopic (exact) mass is 431 g/mol.